The molecule has 1 aliphatic rings. The maximum absolute atomic E-state index is 5.93. The summed E-state index contributed by atoms with van der Waals surface area (Å²) in [5, 5.41) is 8.17. The highest BCUT2D eigenvalue weighted by Crippen LogP contribution is 2.35. The summed E-state index contributed by atoms with van der Waals surface area (Å²) in [7, 11) is 1.67. The van der Waals surface area contributed by atoms with Crippen molar-refractivity contribution in [1.29, 1.82) is 0 Å². The summed E-state index contributed by atoms with van der Waals surface area (Å²) in [4.78, 5) is 0. The Morgan fingerprint density at radius 2 is 2.00 bits per heavy atom. The van der Waals surface area contributed by atoms with Gasteiger partial charge in [-0.25, -0.2) is 4.68 Å². The van der Waals surface area contributed by atoms with Crippen LogP contribution >= 0.6 is 0 Å². The van der Waals surface area contributed by atoms with Gasteiger partial charge in [0.2, 0.25) is 0 Å². The monoisotopic (exact) mass is 375 g/mol. The molecule has 1 aromatic heterocycles. The molecule has 4 rings (SSSR count). The average Bonchev–Trinajstić information content (AvgIpc) is 3.13. The standard InChI is InChI=1S/C23H25N3O2/c1-16(21-14-25-26(17(21)2)20-9-5-4-6-10-20)24-13-18-12-19-8-7-11-22(27-3)23(19)28-15-18/h4-12,14,16,24H,13,15H2,1-3H3. The molecular weight excluding hydrogens is 350 g/mol. The lowest BCUT2D eigenvalue weighted by atomic mass is 10.1. The van der Waals surface area contributed by atoms with E-state index in [-0.39, 0.29) is 6.04 Å². The summed E-state index contributed by atoms with van der Waals surface area (Å²) < 4.78 is 13.3. The topological polar surface area (TPSA) is 48.3 Å². The predicted octanol–water partition coefficient (Wildman–Crippen LogP) is 4.32. The molecule has 2 heterocycles. The van der Waals surface area contributed by atoms with Gasteiger partial charge in [0.05, 0.1) is 19.0 Å². The van der Waals surface area contributed by atoms with Crippen LogP contribution in [0.15, 0.2) is 60.3 Å². The Balaban J connectivity index is 1.46. The minimum absolute atomic E-state index is 0.185. The minimum atomic E-state index is 0.185. The molecule has 0 spiro atoms. The van der Waals surface area contributed by atoms with Crippen LogP contribution in [0, 0.1) is 6.92 Å². The Bertz CT molecular complexity index is 992. The number of nitrogens with one attached hydrogen (secondary N) is 1. The number of nitrogens with zero attached hydrogens (tertiary/aromatic N) is 2. The van der Waals surface area contributed by atoms with E-state index in [1.807, 2.05) is 41.2 Å². The van der Waals surface area contributed by atoms with Gasteiger partial charge in [0.15, 0.2) is 11.5 Å². The molecule has 1 N–H and O–H groups in total. The second-order valence-corrected chi connectivity index (χ2v) is 7.01. The number of hydrogen-bond donors (Lipinski definition) is 1. The summed E-state index contributed by atoms with van der Waals surface area (Å²) in [6.07, 6.45) is 4.13. The molecule has 0 radical (unpaired) electrons. The lowest BCUT2D eigenvalue weighted by Crippen LogP contribution is -2.25. The van der Waals surface area contributed by atoms with Crippen molar-refractivity contribution in [1.82, 2.24) is 15.1 Å². The third-order valence-corrected chi connectivity index (χ3v) is 5.14. The maximum Gasteiger partial charge on any atom is 0.168 e. The fourth-order valence-corrected chi connectivity index (χ4v) is 3.56. The van der Waals surface area contributed by atoms with Crippen LogP contribution in [0.3, 0.4) is 0 Å². The summed E-state index contributed by atoms with van der Waals surface area (Å²) in [5.74, 6) is 1.60. The van der Waals surface area contributed by atoms with E-state index in [2.05, 4.69) is 48.5 Å². The summed E-state index contributed by atoms with van der Waals surface area (Å²) in [6, 6.07) is 16.3. The summed E-state index contributed by atoms with van der Waals surface area (Å²) in [5.41, 5.74) is 5.69. The van der Waals surface area contributed by atoms with Gasteiger partial charge < -0.3 is 14.8 Å². The Morgan fingerprint density at radius 1 is 1.18 bits per heavy atom. The molecule has 0 saturated carbocycles. The Hall–Kier alpha value is -3.05. The number of methoxy groups -OCH3 is 1. The number of ether oxygens (including phenoxy) is 2. The van der Waals surface area contributed by atoms with Crippen LogP contribution in [-0.4, -0.2) is 30.0 Å². The zero-order valence-corrected chi connectivity index (χ0v) is 16.5. The van der Waals surface area contributed by atoms with Crippen molar-refractivity contribution in [2.45, 2.75) is 19.9 Å². The van der Waals surface area contributed by atoms with Gasteiger partial charge in [-0.1, -0.05) is 30.3 Å². The first kappa shape index (κ1) is 18.3. The first-order valence-electron chi connectivity index (χ1n) is 9.50. The lowest BCUT2D eigenvalue weighted by molar-refractivity contribution is 0.312. The number of hydrogen-bond acceptors (Lipinski definition) is 4. The number of rotatable bonds is 6. The molecule has 0 saturated heterocycles. The first-order chi connectivity index (χ1) is 13.7. The fourth-order valence-electron chi connectivity index (χ4n) is 3.56. The molecule has 1 aliphatic heterocycles. The van der Waals surface area contributed by atoms with E-state index >= 15 is 0 Å². The van der Waals surface area contributed by atoms with Gasteiger partial charge in [-0.05, 0) is 43.7 Å². The van der Waals surface area contributed by atoms with E-state index in [0.29, 0.717) is 6.61 Å². The minimum Gasteiger partial charge on any atom is -0.493 e. The van der Waals surface area contributed by atoms with Gasteiger partial charge >= 0.3 is 0 Å². The van der Waals surface area contributed by atoms with Gasteiger partial charge in [0.1, 0.15) is 6.61 Å². The lowest BCUT2D eigenvalue weighted by Gasteiger charge is -2.21. The third-order valence-electron chi connectivity index (χ3n) is 5.14. The van der Waals surface area contributed by atoms with Gasteiger partial charge in [-0.3, -0.25) is 0 Å². The van der Waals surface area contributed by atoms with Crippen LogP contribution in [0.25, 0.3) is 11.8 Å². The zero-order chi connectivity index (χ0) is 19.5. The molecule has 0 fully saturated rings. The highest BCUT2D eigenvalue weighted by atomic mass is 16.5. The molecule has 0 bridgehead atoms. The Morgan fingerprint density at radius 3 is 2.79 bits per heavy atom. The van der Waals surface area contributed by atoms with E-state index in [9.17, 15) is 0 Å². The van der Waals surface area contributed by atoms with Crippen molar-refractivity contribution in [3.8, 4) is 17.2 Å². The molecule has 5 nitrogen and oxygen atoms in total. The van der Waals surface area contributed by atoms with Crippen molar-refractivity contribution in [2.75, 3.05) is 20.3 Å². The van der Waals surface area contributed by atoms with E-state index in [0.717, 1.165) is 35.0 Å². The SMILES string of the molecule is COc1cccc2c1OCC(CNC(C)c1cnn(-c3ccccc3)c1C)=C2. The van der Waals surface area contributed by atoms with Crippen molar-refractivity contribution in [3.63, 3.8) is 0 Å². The van der Waals surface area contributed by atoms with Gasteiger partial charge in [-0.15, -0.1) is 0 Å². The molecule has 1 unspecified atom stereocenters. The molecule has 0 amide bonds. The van der Waals surface area contributed by atoms with Crippen LogP contribution in [0.5, 0.6) is 11.5 Å². The molecule has 5 heteroatoms. The zero-order valence-electron chi connectivity index (χ0n) is 16.5. The summed E-state index contributed by atoms with van der Waals surface area (Å²) >= 11 is 0. The highest BCUT2D eigenvalue weighted by molar-refractivity contribution is 5.66. The number of aromatic nitrogens is 2. The van der Waals surface area contributed by atoms with E-state index in [4.69, 9.17) is 9.47 Å². The van der Waals surface area contributed by atoms with E-state index < -0.39 is 0 Å². The largest absolute Gasteiger partial charge is 0.493 e. The van der Waals surface area contributed by atoms with E-state index in [1.165, 1.54) is 11.1 Å². The fraction of sp³-hybridized carbons (Fsp3) is 0.261. The van der Waals surface area contributed by atoms with Crippen LogP contribution in [0.1, 0.15) is 29.8 Å². The third kappa shape index (κ3) is 3.53. The normalized spacial score (nSPS) is 14.0. The number of fused-ring (bicyclic) bond motifs is 1. The van der Waals surface area contributed by atoms with Crippen LogP contribution < -0.4 is 14.8 Å². The Labute approximate surface area is 165 Å². The molecular formula is C23H25N3O2. The van der Waals surface area contributed by atoms with E-state index in [1.54, 1.807) is 7.11 Å². The van der Waals surface area contributed by atoms with Crippen LogP contribution in [0.2, 0.25) is 0 Å². The molecule has 1 atom stereocenters. The summed E-state index contributed by atoms with van der Waals surface area (Å²) in [6.45, 7) is 5.60. The molecule has 2 aromatic carbocycles. The molecule has 0 aliphatic carbocycles. The number of benzene rings is 2. The quantitative estimate of drug-likeness (QED) is 0.697. The Kier molecular flexibility index (Phi) is 5.17. The van der Waals surface area contributed by atoms with Crippen molar-refractivity contribution < 1.29 is 9.47 Å². The smallest absolute Gasteiger partial charge is 0.168 e. The predicted molar refractivity (Wildman–Crippen MR) is 111 cm³/mol. The molecule has 3 aromatic rings. The van der Waals surface area contributed by atoms with Crippen LogP contribution in [0.4, 0.5) is 0 Å². The second-order valence-electron chi connectivity index (χ2n) is 7.01. The van der Waals surface area contributed by atoms with Gasteiger partial charge in [0.25, 0.3) is 0 Å². The van der Waals surface area contributed by atoms with Crippen LogP contribution in [-0.2, 0) is 0 Å². The maximum atomic E-state index is 5.93. The first-order valence-corrected chi connectivity index (χ1v) is 9.50. The van der Waals surface area contributed by atoms with Crippen molar-refractivity contribution in [2.24, 2.45) is 0 Å². The van der Waals surface area contributed by atoms with Gasteiger partial charge in [-0.2, -0.15) is 5.10 Å². The number of para-hydroxylation sites is 2. The van der Waals surface area contributed by atoms with Crippen molar-refractivity contribution in [3.05, 3.63) is 77.1 Å². The molecule has 144 valence electrons. The van der Waals surface area contributed by atoms with Crippen molar-refractivity contribution >= 4 is 6.08 Å². The van der Waals surface area contributed by atoms with Gasteiger partial charge in [0, 0.05) is 29.4 Å². The highest BCUT2D eigenvalue weighted by Gasteiger charge is 2.18. The molecule has 28 heavy (non-hydrogen) atoms. The second kappa shape index (κ2) is 7.90. The average molecular weight is 375 g/mol.